The van der Waals surface area contributed by atoms with Gasteiger partial charge in [-0.2, -0.15) is 0 Å². The molecule has 5 heteroatoms. The minimum atomic E-state index is 0.586. The van der Waals surface area contributed by atoms with Crippen LogP contribution in [-0.2, 0) is 6.54 Å². The second-order valence-corrected chi connectivity index (χ2v) is 5.14. The second kappa shape index (κ2) is 4.83. The molecule has 0 bridgehead atoms. The van der Waals surface area contributed by atoms with Crippen LogP contribution in [0.5, 0.6) is 11.5 Å². The summed E-state index contributed by atoms with van der Waals surface area (Å²) in [6, 6.07) is 6.51. The van der Waals surface area contributed by atoms with E-state index in [-0.39, 0.29) is 0 Å². The van der Waals surface area contributed by atoms with Crippen molar-refractivity contribution in [1.82, 2.24) is 10.3 Å². The van der Waals surface area contributed by atoms with E-state index in [0.29, 0.717) is 19.3 Å². The third-order valence-corrected chi connectivity index (χ3v) is 3.58. The molecule has 0 amide bonds. The van der Waals surface area contributed by atoms with Crippen molar-refractivity contribution in [3.05, 3.63) is 30.3 Å². The summed E-state index contributed by atoms with van der Waals surface area (Å²) in [7, 11) is 0. The molecule has 0 atom stereocenters. The fourth-order valence-electron chi connectivity index (χ4n) is 2.34. The summed E-state index contributed by atoms with van der Waals surface area (Å²) in [5, 5.41) is 3.45. The van der Waals surface area contributed by atoms with Crippen molar-refractivity contribution < 1.29 is 13.9 Å². The van der Waals surface area contributed by atoms with Gasteiger partial charge in [0.25, 0.3) is 0 Å². The van der Waals surface area contributed by atoms with Crippen LogP contribution in [0.1, 0.15) is 18.5 Å². The Kier molecular flexibility index (Phi) is 2.85. The average molecular weight is 272 g/mol. The molecule has 1 N–H and O–H groups in total. The first-order valence-corrected chi connectivity index (χ1v) is 6.96. The molecule has 5 nitrogen and oxygen atoms in total. The number of rotatable bonds is 4. The molecule has 4 rings (SSSR count). The molecule has 1 aromatic heterocycles. The smallest absolute Gasteiger partial charge is 0.181 e. The molecule has 0 spiro atoms. The minimum Gasteiger partial charge on any atom is -0.486 e. The highest BCUT2D eigenvalue weighted by molar-refractivity contribution is 5.64. The van der Waals surface area contributed by atoms with Crippen LogP contribution in [-0.4, -0.2) is 24.2 Å². The molecule has 1 fully saturated rings. The summed E-state index contributed by atoms with van der Waals surface area (Å²) >= 11 is 0. The van der Waals surface area contributed by atoms with Gasteiger partial charge in [-0.15, -0.1) is 0 Å². The highest BCUT2D eigenvalue weighted by Gasteiger charge is 2.22. The first kappa shape index (κ1) is 11.8. The lowest BCUT2D eigenvalue weighted by molar-refractivity contribution is 0.171. The number of ether oxygens (including phenoxy) is 2. The van der Waals surface area contributed by atoms with Crippen LogP contribution in [0.2, 0.25) is 0 Å². The highest BCUT2D eigenvalue weighted by Crippen LogP contribution is 2.35. The molecule has 0 radical (unpaired) electrons. The molecule has 0 saturated heterocycles. The Morgan fingerprint density at radius 3 is 2.85 bits per heavy atom. The second-order valence-electron chi connectivity index (χ2n) is 5.14. The monoisotopic (exact) mass is 272 g/mol. The average Bonchev–Trinajstić information content (AvgIpc) is 3.21. The van der Waals surface area contributed by atoms with Gasteiger partial charge in [0, 0.05) is 18.2 Å². The zero-order valence-electron chi connectivity index (χ0n) is 11.1. The summed E-state index contributed by atoms with van der Waals surface area (Å²) in [6.07, 6.45) is 4.02. The van der Waals surface area contributed by atoms with Gasteiger partial charge in [-0.3, -0.25) is 0 Å². The predicted octanol–water partition coefficient (Wildman–Crippen LogP) is 2.36. The lowest BCUT2D eigenvalue weighted by Crippen LogP contribution is -2.16. The molecule has 2 heterocycles. The Balaban J connectivity index is 1.61. The topological polar surface area (TPSA) is 56.5 Å². The maximum atomic E-state index is 5.61. The van der Waals surface area contributed by atoms with E-state index in [2.05, 4.69) is 10.3 Å². The van der Waals surface area contributed by atoms with Gasteiger partial charge in [-0.05, 0) is 31.0 Å². The molecule has 1 aliphatic heterocycles. The van der Waals surface area contributed by atoms with Crippen molar-refractivity contribution in [2.45, 2.75) is 25.4 Å². The number of benzene rings is 1. The minimum absolute atomic E-state index is 0.586. The summed E-state index contributed by atoms with van der Waals surface area (Å²) in [4.78, 5) is 4.30. The Morgan fingerprint density at radius 1 is 1.15 bits per heavy atom. The van der Waals surface area contributed by atoms with E-state index in [4.69, 9.17) is 13.9 Å². The van der Waals surface area contributed by atoms with E-state index in [0.717, 1.165) is 35.1 Å². The zero-order valence-corrected chi connectivity index (χ0v) is 11.1. The Morgan fingerprint density at radius 2 is 2.00 bits per heavy atom. The van der Waals surface area contributed by atoms with Crippen LogP contribution in [0, 0.1) is 0 Å². The fraction of sp³-hybridized carbons (Fsp3) is 0.400. The lowest BCUT2D eigenvalue weighted by Gasteiger charge is -2.18. The lowest BCUT2D eigenvalue weighted by atomic mass is 10.1. The van der Waals surface area contributed by atoms with E-state index < -0.39 is 0 Å². The standard InChI is InChI=1S/C15H16N2O3/c1-4-13-14(19-6-5-18-13)7-10(1)15-12(17-9-20-15)8-16-11-2-3-11/h1,4,7,9,11,16H,2-3,5-6,8H2. The van der Waals surface area contributed by atoms with Gasteiger partial charge in [0.1, 0.15) is 18.9 Å². The van der Waals surface area contributed by atoms with Gasteiger partial charge >= 0.3 is 0 Å². The molecule has 2 aliphatic rings. The van der Waals surface area contributed by atoms with E-state index in [1.807, 2.05) is 18.2 Å². The normalized spacial score (nSPS) is 17.2. The molecule has 2 aromatic rings. The first-order chi connectivity index (χ1) is 9.90. The number of aromatic nitrogens is 1. The third kappa shape index (κ3) is 2.25. The Hall–Kier alpha value is -2.01. The summed E-state index contributed by atoms with van der Waals surface area (Å²) < 4.78 is 16.7. The van der Waals surface area contributed by atoms with Gasteiger partial charge in [0.15, 0.2) is 23.7 Å². The van der Waals surface area contributed by atoms with E-state index in [1.54, 1.807) is 0 Å². The van der Waals surface area contributed by atoms with Gasteiger partial charge in [-0.25, -0.2) is 4.98 Å². The summed E-state index contributed by atoms with van der Waals surface area (Å²) in [5.41, 5.74) is 1.91. The summed E-state index contributed by atoms with van der Waals surface area (Å²) in [5.74, 6) is 2.36. The number of hydrogen-bond acceptors (Lipinski definition) is 5. The SMILES string of the molecule is c1nc(CNC2CC2)c(-c2ccc3c(c2)OCCO3)o1. The predicted molar refractivity (Wildman–Crippen MR) is 72.8 cm³/mol. The molecule has 1 saturated carbocycles. The maximum absolute atomic E-state index is 5.61. The van der Waals surface area contributed by atoms with Crippen LogP contribution in [0.15, 0.2) is 29.0 Å². The van der Waals surface area contributed by atoms with Crippen molar-refractivity contribution in [3.63, 3.8) is 0 Å². The first-order valence-electron chi connectivity index (χ1n) is 6.96. The number of fused-ring (bicyclic) bond motifs is 1. The van der Waals surface area contributed by atoms with Crippen LogP contribution >= 0.6 is 0 Å². The van der Waals surface area contributed by atoms with Gasteiger partial charge in [0.2, 0.25) is 0 Å². The van der Waals surface area contributed by atoms with Gasteiger partial charge in [0.05, 0.1) is 0 Å². The van der Waals surface area contributed by atoms with Gasteiger partial charge < -0.3 is 19.2 Å². The van der Waals surface area contributed by atoms with Crippen LogP contribution in [0.3, 0.4) is 0 Å². The molecule has 0 unspecified atom stereocenters. The van der Waals surface area contributed by atoms with Crippen LogP contribution in [0.25, 0.3) is 11.3 Å². The van der Waals surface area contributed by atoms with Gasteiger partial charge in [-0.1, -0.05) is 0 Å². The molecule has 1 aromatic carbocycles. The van der Waals surface area contributed by atoms with Crippen LogP contribution in [0.4, 0.5) is 0 Å². The Labute approximate surface area is 116 Å². The summed E-state index contributed by atoms with van der Waals surface area (Å²) in [6.45, 7) is 1.93. The van der Waals surface area contributed by atoms with E-state index in [1.165, 1.54) is 19.2 Å². The largest absolute Gasteiger partial charge is 0.486 e. The molecule has 104 valence electrons. The number of oxazole rings is 1. The fourth-order valence-corrected chi connectivity index (χ4v) is 2.34. The molecular weight excluding hydrogens is 256 g/mol. The maximum Gasteiger partial charge on any atom is 0.181 e. The van der Waals surface area contributed by atoms with E-state index >= 15 is 0 Å². The van der Waals surface area contributed by atoms with Crippen LogP contribution < -0.4 is 14.8 Å². The molecule has 1 aliphatic carbocycles. The Bertz CT molecular complexity index is 619. The number of nitrogens with zero attached hydrogens (tertiary/aromatic N) is 1. The molecular formula is C15H16N2O3. The van der Waals surface area contributed by atoms with Crippen molar-refractivity contribution in [2.75, 3.05) is 13.2 Å². The quantitative estimate of drug-likeness (QED) is 0.926. The van der Waals surface area contributed by atoms with Crippen molar-refractivity contribution in [3.8, 4) is 22.8 Å². The van der Waals surface area contributed by atoms with Crippen molar-refractivity contribution >= 4 is 0 Å². The number of nitrogens with one attached hydrogen (secondary N) is 1. The third-order valence-electron chi connectivity index (χ3n) is 3.58. The highest BCUT2D eigenvalue weighted by atomic mass is 16.6. The van der Waals surface area contributed by atoms with Crippen molar-refractivity contribution in [1.29, 1.82) is 0 Å². The zero-order chi connectivity index (χ0) is 13.4. The van der Waals surface area contributed by atoms with Crippen molar-refractivity contribution in [2.24, 2.45) is 0 Å². The number of hydrogen-bond donors (Lipinski definition) is 1. The molecule has 20 heavy (non-hydrogen) atoms. The van der Waals surface area contributed by atoms with E-state index in [9.17, 15) is 0 Å².